The molecule has 9 aromatic carbocycles. The lowest BCUT2D eigenvalue weighted by atomic mass is 9.82. The molecule has 0 fully saturated rings. The molecule has 0 bridgehead atoms. The van der Waals surface area contributed by atoms with Gasteiger partial charge in [0.1, 0.15) is 0 Å². The van der Waals surface area contributed by atoms with E-state index in [9.17, 15) is 10.5 Å². The zero-order valence-electron chi connectivity index (χ0n) is 38.7. The molecular formula is C62H44N6. The first-order valence-electron chi connectivity index (χ1n) is 22.8. The van der Waals surface area contributed by atoms with Gasteiger partial charge in [0.05, 0.1) is 58.5 Å². The lowest BCUT2D eigenvalue weighted by Gasteiger charge is -2.23. The average molecular weight is 873 g/mol. The Morgan fingerprint density at radius 1 is 0.382 bits per heavy atom. The number of nitriles is 2. The predicted molar refractivity (Wildman–Crippen MR) is 280 cm³/mol. The van der Waals surface area contributed by atoms with Crippen molar-refractivity contribution in [2.45, 2.75) is 52.4 Å². The van der Waals surface area contributed by atoms with Crippen molar-refractivity contribution in [1.29, 1.82) is 10.5 Å². The Kier molecular flexibility index (Phi) is 9.41. The number of hydrogen-bond donors (Lipinski definition) is 0. The van der Waals surface area contributed by atoms with Crippen LogP contribution in [0.3, 0.4) is 0 Å². The van der Waals surface area contributed by atoms with E-state index in [1.807, 2.05) is 72.8 Å². The van der Waals surface area contributed by atoms with Crippen molar-refractivity contribution < 1.29 is 0 Å². The molecule has 0 amide bonds. The lowest BCUT2D eigenvalue weighted by Crippen LogP contribution is -2.10. The van der Waals surface area contributed by atoms with E-state index in [1.165, 1.54) is 11.1 Å². The molecule has 0 saturated carbocycles. The molecule has 2 aromatic heterocycles. The summed E-state index contributed by atoms with van der Waals surface area (Å²) in [6, 6.07) is 59.5. The summed E-state index contributed by atoms with van der Waals surface area (Å²) in [5.74, 6) is 0. The van der Waals surface area contributed by atoms with Gasteiger partial charge in [-0.3, -0.25) is 0 Å². The molecule has 11 aromatic rings. The van der Waals surface area contributed by atoms with Crippen LogP contribution < -0.4 is 0 Å². The Labute approximate surface area is 395 Å². The molecule has 6 nitrogen and oxygen atoms in total. The fraction of sp³-hybridized carbons (Fsp3) is 0.129. The van der Waals surface area contributed by atoms with Crippen LogP contribution in [0.1, 0.15) is 63.8 Å². The molecule has 0 N–H and O–H groups in total. The van der Waals surface area contributed by atoms with Gasteiger partial charge in [0, 0.05) is 22.1 Å². The van der Waals surface area contributed by atoms with Crippen LogP contribution in [-0.2, 0) is 10.8 Å². The van der Waals surface area contributed by atoms with Crippen molar-refractivity contribution in [1.82, 2.24) is 9.13 Å². The molecule has 2 heterocycles. The van der Waals surface area contributed by atoms with E-state index in [2.05, 4.69) is 157 Å². The third kappa shape index (κ3) is 6.58. The quantitative estimate of drug-likeness (QED) is 0.131. The zero-order chi connectivity index (χ0) is 47.2. The summed E-state index contributed by atoms with van der Waals surface area (Å²) in [5.41, 5.74) is 14.9. The van der Waals surface area contributed by atoms with Crippen molar-refractivity contribution in [3.63, 3.8) is 0 Å². The van der Waals surface area contributed by atoms with Crippen LogP contribution in [0.25, 0.3) is 108 Å². The summed E-state index contributed by atoms with van der Waals surface area (Å²) in [6.45, 7) is 29.1. The normalized spacial score (nSPS) is 11.9. The van der Waals surface area contributed by atoms with Crippen molar-refractivity contribution in [2.24, 2.45) is 0 Å². The predicted octanol–water partition coefficient (Wildman–Crippen LogP) is 17.0. The molecule has 68 heavy (non-hydrogen) atoms. The van der Waals surface area contributed by atoms with Crippen LogP contribution in [0.5, 0.6) is 0 Å². The number of rotatable bonds is 4. The van der Waals surface area contributed by atoms with E-state index in [0.717, 1.165) is 98.8 Å². The van der Waals surface area contributed by atoms with E-state index >= 15 is 0 Å². The van der Waals surface area contributed by atoms with Crippen LogP contribution >= 0.6 is 0 Å². The van der Waals surface area contributed by atoms with Crippen LogP contribution in [0.4, 0.5) is 11.4 Å². The highest BCUT2D eigenvalue weighted by atomic mass is 15.0. The van der Waals surface area contributed by atoms with Crippen LogP contribution in [-0.4, -0.2) is 9.13 Å². The largest absolute Gasteiger partial charge is 0.309 e. The number of nitrogens with zero attached hydrogens (tertiary/aromatic N) is 6. The first-order valence-corrected chi connectivity index (χ1v) is 22.8. The summed E-state index contributed by atoms with van der Waals surface area (Å²) in [7, 11) is 0. The molecule has 0 atom stereocenters. The van der Waals surface area contributed by atoms with Gasteiger partial charge in [-0.25, -0.2) is 9.69 Å². The molecule has 0 unspecified atom stereocenters. The minimum absolute atomic E-state index is 0.0330. The van der Waals surface area contributed by atoms with E-state index in [-0.39, 0.29) is 10.8 Å². The Bertz CT molecular complexity index is 3710. The Morgan fingerprint density at radius 3 is 1.07 bits per heavy atom. The fourth-order valence-corrected chi connectivity index (χ4v) is 10.2. The molecule has 0 aliphatic rings. The Hall–Kier alpha value is -8.94. The van der Waals surface area contributed by atoms with Crippen molar-refractivity contribution in [3.05, 3.63) is 203 Å². The van der Waals surface area contributed by atoms with E-state index in [1.54, 1.807) is 0 Å². The first kappa shape index (κ1) is 41.7. The summed E-state index contributed by atoms with van der Waals surface area (Å²) < 4.78 is 4.52. The second-order valence-electron chi connectivity index (χ2n) is 19.8. The Balaban J connectivity index is 1.27. The zero-order valence-corrected chi connectivity index (χ0v) is 38.7. The number of benzene rings is 9. The molecule has 11 rings (SSSR count). The minimum atomic E-state index is -0.0330. The highest BCUT2D eigenvalue weighted by Gasteiger charge is 2.23. The summed E-state index contributed by atoms with van der Waals surface area (Å²) in [5, 5.41) is 28.0. The SMILES string of the molecule is [C-]#[N+]c1ccc2c(c1)c1cc(C#N)ccc1n2-c1ccc2c(-c3ccc(C(C)(C)C)cc3)c3cc(-n4c5ccc(C#N)cc5c5cc([N+]#[C-])ccc54)ccc3c(-c3ccc(C(C)(C)C)cc3)c2c1. The van der Waals surface area contributed by atoms with E-state index < -0.39 is 0 Å². The molecule has 0 saturated heterocycles. The maximum Gasteiger partial charge on any atom is 0.188 e. The molecule has 0 radical (unpaired) electrons. The van der Waals surface area contributed by atoms with Gasteiger partial charge in [0.15, 0.2) is 11.4 Å². The molecule has 6 heteroatoms. The highest BCUT2D eigenvalue weighted by molar-refractivity contribution is 6.23. The van der Waals surface area contributed by atoms with Crippen molar-refractivity contribution >= 4 is 76.5 Å². The van der Waals surface area contributed by atoms with Crippen molar-refractivity contribution in [2.75, 3.05) is 0 Å². The van der Waals surface area contributed by atoms with Gasteiger partial charge >= 0.3 is 0 Å². The van der Waals surface area contributed by atoms with Gasteiger partial charge in [-0.1, -0.05) is 114 Å². The van der Waals surface area contributed by atoms with E-state index in [4.69, 9.17) is 13.1 Å². The maximum atomic E-state index is 9.95. The van der Waals surface area contributed by atoms with Gasteiger partial charge in [-0.2, -0.15) is 10.5 Å². The minimum Gasteiger partial charge on any atom is -0.309 e. The van der Waals surface area contributed by atoms with Gasteiger partial charge in [0.2, 0.25) is 0 Å². The lowest BCUT2D eigenvalue weighted by molar-refractivity contribution is 0.590. The smallest absolute Gasteiger partial charge is 0.188 e. The summed E-state index contributed by atoms with van der Waals surface area (Å²) in [4.78, 5) is 7.53. The summed E-state index contributed by atoms with van der Waals surface area (Å²) >= 11 is 0. The first-order chi connectivity index (χ1) is 32.8. The molecular weight excluding hydrogens is 829 g/mol. The second kappa shape index (κ2) is 15.3. The molecule has 0 aliphatic carbocycles. The van der Waals surface area contributed by atoms with E-state index in [0.29, 0.717) is 22.5 Å². The monoisotopic (exact) mass is 872 g/mol. The number of hydrogen-bond acceptors (Lipinski definition) is 2. The third-order valence-electron chi connectivity index (χ3n) is 13.7. The Morgan fingerprint density at radius 2 is 0.735 bits per heavy atom. The van der Waals surface area contributed by atoms with Gasteiger partial charge in [-0.05, 0) is 161 Å². The molecule has 322 valence electrons. The number of aromatic nitrogens is 2. The fourth-order valence-electron chi connectivity index (χ4n) is 10.2. The third-order valence-corrected chi connectivity index (χ3v) is 13.7. The summed E-state index contributed by atoms with van der Waals surface area (Å²) in [6.07, 6.45) is 0. The standard InChI is InChI=1S/C62H44N6/c1-61(2,3)41-15-11-39(12-16-41)59-47-23-21-46(68-56-26-10-38(36-64)30-50(56)52-32-44(66-8)20-28-58(52)68)34-54(47)60(40-13-17-42(18-14-40)62(4,5)6)48-24-22-45(33-53(48)59)67-55-25-9-37(35-63)29-49(55)51-31-43(65-7)19-27-57(51)67/h9-34H,1-6H3. The van der Waals surface area contributed by atoms with Crippen LogP contribution in [0, 0.1) is 35.8 Å². The molecule has 0 spiro atoms. The second-order valence-corrected chi connectivity index (χ2v) is 19.8. The topological polar surface area (TPSA) is 66.2 Å². The van der Waals surface area contributed by atoms with Crippen LogP contribution in [0.15, 0.2) is 158 Å². The van der Waals surface area contributed by atoms with Gasteiger partial charge in [-0.15, -0.1) is 0 Å². The maximum absolute atomic E-state index is 9.95. The number of fused-ring (bicyclic) bond motifs is 8. The van der Waals surface area contributed by atoms with Crippen LogP contribution in [0.2, 0.25) is 0 Å². The average Bonchev–Trinajstić information content (AvgIpc) is 3.85. The highest BCUT2D eigenvalue weighted by Crippen LogP contribution is 2.47. The van der Waals surface area contributed by atoms with Crippen molar-refractivity contribution in [3.8, 4) is 45.8 Å². The molecule has 0 aliphatic heterocycles. The van der Waals surface area contributed by atoms with Gasteiger partial charge < -0.3 is 9.13 Å². The van der Waals surface area contributed by atoms with Gasteiger partial charge in [0.25, 0.3) is 0 Å².